The molecular weight excluding hydrogens is 434 g/mol. The molecule has 0 N–H and O–H groups in total. The molecule has 1 saturated heterocycles. The van der Waals surface area contributed by atoms with E-state index in [9.17, 15) is 4.79 Å². The van der Waals surface area contributed by atoms with Crippen LogP contribution in [0.2, 0.25) is 0 Å². The summed E-state index contributed by atoms with van der Waals surface area (Å²) in [5.74, 6) is 3.12. The quantitative estimate of drug-likeness (QED) is 0.470. The Kier molecular flexibility index (Phi) is 6.47. The number of nitrogens with zero attached hydrogens (tertiary/aromatic N) is 1. The maximum Gasteiger partial charge on any atom is 0.410 e. The molecule has 1 aliphatic heterocycles. The van der Waals surface area contributed by atoms with E-state index in [0.717, 1.165) is 37.3 Å². The topological polar surface area (TPSA) is 38.8 Å². The summed E-state index contributed by atoms with van der Waals surface area (Å²) in [4.78, 5) is 15.3. The first kappa shape index (κ1) is 22.9. The number of carbonyl (C=O) groups excluding carboxylic acids is 1. The van der Waals surface area contributed by atoms with Crippen LogP contribution in [0.1, 0.15) is 80.9 Å². The first-order chi connectivity index (χ1) is 17.2. The van der Waals surface area contributed by atoms with Gasteiger partial charge in [-0.05, 0) is 73.3 Å². The average Bonchev–Trinajstić information content (AvgIpc) is 2.92. The van der Waals surface area contributed by atoms with Crippen molar-refractivity contribution in [1.82, 2.24) is 4.90 Å². The lowest BCUT2D eigenvalue weighted by atomic mass is 9.52. The van der Waals surface area contributed by atoms with Crippen molar-refractivity contribution in [2.24, 2.45) is 5.92 Å². The zero-order valence-electron chi connectivity index (χ0n) is 20.8. The molecule has 6 rings (SSSR count). The maximum absolute atomic E-state index is 13.2. The number of hydrogen-bond acceptors (Lipinski definition) is 3. The molecule has 35 heavy (non-hydrogen) atoms. The lowest BCUT2D eigenvalue weighted by Crippen LogP contribution is -2.62. The van der Waals surface area contributed by atoms with Crippen LogP contribution in [-0.2, 0) is 23.2 Å². The summed E-state index contributed by atoms with van der Waals surface area (Å²) in [6, 6.07) is 17.1. The van der Waals surface area contributed by atoms with Crippen LogP contribution in [-0.4, -0.2) is 30.2 Å². The number of benzene rings is 2. The normalized spacial score (nSPS) is 28.1. The van der Waals surface area contributed by atoms with E-state index in [2.05, 4.69) is 23.1 Å². The van der Waals surface area contributed by atoms with Crippen molar-refractivity contribution in [2.45, 2.75) is 88.7 Å². The second-order valence-electron chi connectivity index (χ2n) is 11.2. The van der Waals surface area contributed by atoms with Gasteiger partial charge in [0, 0.05) is 23.9 Å². The second kappa shape index (κ2) is 9.87. The summed E-state index contributed by atoms with van der Waals surface area (Å²) < 4.78 is 12.1. The fourth-order valence-corrected chi connectivity index (χ4v) is 7.48. The molecule has 4 heteroatoms. The zero-order valence-corrected chi connectivity index (χ0v) is 20.8. The van der Waals surface area contributed by atoms with Gasteiger partial charge < -0.3 is 14.4 Å². The minimum Gasteiger partial charge on any atom is -0.493 e. The molecule has 2 aromatic carbocycles. The van der Waals surface area contributed by atoms with Crippen molar-refractivity contribution in [1.29, 1.82) is 0 Å². The molecule has 4 nitrogen and oxygen atoms in total. The number of carbonyl (C=O) groups is 1. The fraction of sp³-hybridized carbons (Fsp3) is 0.548. The lowest BCUT2D eigenvalue weighted by molar-refractivity contribution is -0.0137. The highest BCUT2D eigenvalue weighted by Crippen LogP contribution is 2.56. The zero-order chi connectivity index (χ0) is 23.7. The third kappa shape index (κ3) is 4.45. The summed E-state index contributed by atoms with van der Waals surface area (Å²) in [7, 11) is 0. The molecule has 0 aromatic heterocycles. The predicted octanol–water partition coefficient (Wildman–Crippen LogP) is 7.00. The van der Waals surface area contributed by atoms with Gasteiger partial charge in [-0.1, -0.05) is 68.5 Å². The van der Waals surface area contributed by atoms with E-state index in [4.69, 9.17) is 9.47 Å². The third-order valence-corrected chi connectivity index (χ3v) is 9.25. The number of hydrogen-bond donors (Lipinski definition) is 0. The van der Waals surface area contributed by atoms with E-state index in [1.165, 1.54) is 68.9 Å². The van der Waals surface area contributed by atoms with Gasteiger partial charge >= 0.3 is 6.09 Å². The molecule has 2 saturated carbocycles. The Morgan fingerprint density at radius 1 is 0.943 bits per heavy atom. The van der Waals surface area contributed by atoms with Crippen molar-refractivity contribution in [3.05, 3.63) is 71.1 Å². The summed E-state index contributed by atoms with van der Waals surface area (Å²) in [5.41, 5.74) is 4.15. The number of piperidine rings is 1. The number of likely N-dealkylation sites (tertiary alicyclic amines) is 1. The number of rotatable bonds is 5. The minimum absolute atomic E-state index is 0.147. The van der Waals surface area contributed by atoms with E-state index in [0.29, 0.717) is 12.5 Å². The van der Waals surface area contributed by atoms with Gasteiger partial charge in [0.25, 0.3) is 0 Å². The standard InChI is InChI=1S/C31H38NO3/c33-30(35-22-24-11-5-2-6-12-24)32-18-17-31-16-8-7-13-27(31)29(32)19-25-14-15-26(20-28(25)31)34-21-23-9-3-1-4-10-23/h2,5-6,11-12,14-15,20,27,29H,1,3-4,7-10,13,16-19,21-22H2/t27-,29+,31+/m0/s1. The van der Waals surface area contributed by atoms with Gasteiger partial charge in [-0.25, -0.2) is 4.79 Å². The molecule has 185 valence electrons. The summed E-state index contributed by atoms with van der Waals surface area (Å²) in [6.45, 7) is 1.91. The van der Waals surface area contributed by atoms with Gasteiger partial charge in [-0.15, -0.1) is 0 Å². The maximum atomic E-state index is 13.2. The van der Waals surface area contributed by atoms with Gasteiger partial charge in [0.2, 0.25) is 0 Å². The van der Waals surface area contributed by atoms with E-state index < -0.39 is 0 Å². The minimum atomic E-state index is -0.147. The first-order valence-electron chi connectivity index (χ1n) is 13.8. The summed E-state index contributed by atoms with van der Waals surface area (Å²) in [6.07, 6.45) is 13.3. The number of fused-ring (bicyclic) bond motifs is 1. The van der Waals surface area contributed by atoms with Crippen LogP contribution in [0.5, 0.6) is 5.75 Å². The molecule has 4 aliphatic rings. The van der Waals surface area contributed by atoms with Crippen LogP contribution < -0.4 is 4.74 Å². The van der Waals surface area contributed by atoms with Crippen LogP contribution >= 0.6 is 0 Å². The molecule has 1 heterocycles. The van der Waals surface area contributed by atoms with E-state index in [-0.39, 0.29) is 17.6 Å². The van der Waals surface area contributed by atoms with Gasteiger partial charge in [-0.2, -0.15) is 0 Å². The van der Waals surface area contributed by atoms with Gasteiger partial charge in [-0.3, -0.25) is 0 Å². The molecule has 3 aliphatic carbocycles. The Morgan fingerprint density at radius 3 is 2.66 bits per heavy atom. The molecule has 1 radical (unpaired) electrons. The molecule has 3 atom stereocenters. The van der Waals surface area contributed by atoms with Crippen molar-refractivity contribution in [2.75, 3.05) is 13.2 Å². The van der Waals surface area contributed by atoms with Crippen LogP contribution in [0, 0.1) is 11.8 Å². The number of ether oxygens (including phenoxy) is 2. The van der Waals surface area contributed by atoms with Crippen molar-refractivity contribution < 1.29 is 14.3 Å². The van der Waals surface area contributed by atoms with E-state index in [1.807, 2.05) is 30.3 Å². The highest BCUT2D eigenvalue weighted by Gasteiger charge is 2.55. The summed E-state index contributed by atoms with van der Waals surface area (Å²) in [5, 5.41) is 0. The van der Waals surface area contributed by atoms with E-state index >= 15 is 0 Å². The Hall–Kier alpha value is -2.49. The first-order valence-corrected chi connectivity index (χ1v) is 13.8. The SMILES string of the molecule is O=C(OCc1ccccc1)N1CC[C@]23CCCC[C@H]2[C@H]1Cc1ccc(OC[C]2CCCCC2)cc13. The smallest absolute Gasteiger partial charge is 0.410 e. The average molecular weight is 473 g/mol. The van der Waals surface area contributed by atoms with Crippen LogP contribution in [0.4, 0.5) is 4.79 Å². The van der Waals surface area contributed by atoms with Crippen molar-refractivity contribution in [3.8, 4) is 5.75 Å². The van der Waals surface area contributed by atoms with Crippen molar-refractivity contribution in [3.63, 3.8) is 0 Å². The van der Waals surface area contributed by atoms with E-state index in [1.54, 1.807) is 5.92 Å². The fourth-order valence-electron chi connectivity index (χ4n) is 7.48. The Balaban J connectivity index is 1.20. The molecule has 2 bridgehead atoms. The highest BCUT2D eigenvalue weighted by molar-refractivity contribution is 5.69. The predicted molar refractivity (Wildman–Crippen MR) is 137 cm³/mol. The largest absolute Gasteiger partial charge is 0.493 e. The van der Waals surface area contributed by atoms with Crippen LogP contribution in [0.3, 0.4) is 0 Å². The molecule has 0 spiro atoms. The van der Waals surface area contributed by atoms with Crippen LogP contribution in [0.25, 0.3) is 0 Å². The second-order valence-corrected chi connectivity index (χ2v) is 11.2. The Morgan fingerprint density at radius 2 is 1.80 bits per heavy atom. The van der Waals surface area contributed by atoms with Crippen LogP contribution in [0.15, 0.2) is 48.5 Å². The molecule has 2 aromatic rings. The third-order valence-electron chi connectivity index (χ3n) is 9.25. The van der Waals surface area contributed by atoms with Gasteiger partial charge in [0.1, 0.15) is 12.4 Å². The lowest BCUT2D eigenvalue weighted by Gasteiger charge is -2.58. The molecule has 1 amide bonds. The summed E-state index contributed by atoms with van der Waals surface area (Å²) >= 11 is 0. The van der Waals surface area contributed by atoms with Gasteiger partial charge in [0.05, 0.1) is 6.61 Å². The molecular formula is C31H38NO3. The Bertz CT molecular complexity index is 1030. The van der Waals surface area contributed by atoms with Gasteiger partial charge in [0.15, 0.2) is 0 Å². The number of amides is 1. The Labute approximate surface area is 210 Å². The molecule has 0 unspecified atom stereocenters. The molecule has 3 fully saturated rings. The van der Waals surface area contributed by atoms with Crippen molar-refractivity contribution >= 4 is 6.09 Å². The highest BCUT2D eigenvalue weighted by atomic mass is 16.6. The monoisotopic (exact) mass is 472 g/mol.